The van der Waals surface area contributed by atoms with E-state index in [1.165, 1.54) is 18.4 Å². The van der Waals surface area contributed by atoms with Crippen molar-refractivity contribution < 1.29 is 9.94 Å². The second-order valence-electron chi connectivity index (χ2n) is 4.70. The number of benzene rings is 1. The highest BCUT2D eigenvalue weighted by molar-refractivity contribution is 5.95. The van der Waals surface area contributed by atoms with Gasteiger partial charge in [-0.2, -0.15) is 0 Å². The number of oxime groups is 1. The number of amidine groups is 1. The van der Waals surface area contributed by atoms with Gasteiger partial charge in [0.05, 0.1) is 0 Å². The van der Waals surface area contributed by atoms with Crippen molar-refractivity contribution in [3.63, 3.8) is 0 Å². The fourth-order valence-corrected chi connectivity index (χ4v) is 1.89. The monoisotopic (exact) mass is 285 g/mol. The van der Waals surface area contributed by atoms with Crippen LogP contribution in [0.15, 0.2) is 47.6 Å². The van der Waals surface area contributed by atoms with Crippen LogP contribution in [0.1, 0.15) is 31.0 Å². The number of hydrogen-bond acceptors (Lipinski definition) is 4. The number of aryl methyl sites for hydroxylation is 1. The zero-order valence-electron chi connectivity index (χ0n) is 12.0. The van der Waals surface area contributed by atoms with E-state index in [-0.39, 0.29) is 5.84 Å². The zero-order valence-corrected chi connectivity index (χ0v) is 12.0. The molecule has 0 fully saturated rings. The SMILES string of the molecule is CCCCc1ccc(Oc2cccc(/C(N)=N/O)n2)cc1. The molecule has 5 heteroatoms. The van der Waals surface area contributed by atoms with Gasteiger partial charge in [-0.15, -0.1) is 0 Å². The van der Waals surface area contributed by atoms with Crippen LogP contribution in [0.2, 0.25) is 0 Å². The van der Waals surface area contributed by atoms with Crippen LogP contribution in [-0.4, -0.2) is 16.0 Å². The van der Waals surface area contributed by atoms with Gasteiger partial charge in [-0.25, -0.2) is 4.98 Å². The fraction of sp³-hybridized carbons (Fsp3) is 0.250. The van der Waals surface area contributed by atoms with E-state index in [0.29, 0.717) is 17.3 Å². The maximum atomic E-state index is 8.65. The molecule has 3 N–H and O–H groups in total. The third kappa shape index (κ3) is 4.21. The molecule has 2 aromatic rings. The Bertz CT molecular complexity index is 609. The summed E-state index contributed by atoms with van der Waals surface area (Å²) < 4.78 is 5.67. The number of ether oxygens (including phenoxy) is 1. The van der Waals surface area contributed by atoms with E-state index in [1.54, 1.807) is 18.2 Å². The highest BCUT2D eigenvalue weighted by Gasteiger charge is 2.04. The van der Waals surface area contributed by atoms with Crippen molar-refractivity contribution in [1.29, 1.82) is 0 Å². The number of nitrogens with zero attached hydrogens (tertiary/aromatic N) is 2. The van der Waals surface area contributed by atoms with E-state index in [4.69, 9.17) is 15.7 Å². The van der Waals surface area contributed by atoms with Gasteiger partial charge in [-0.05, 0) is 36.6 Å². The first-order valence-corrected chi connectivity index (χ1v) is 6.94. The lowest BCUT2D eigenvalue weighted by molar-refractivity contribution is 0.318. The van der Waals surface area contributed by atoms with Gasteiger partial charge in [0.25, 0.3) is 0 Å². The van der Waals surface area contributed by atoms with Crippen molar-refractivity contribution in [2.24, 2.45) is 10.9 Å². The smallest absolute Gasteiger partial charge is 0.219 e. The minimum Gasteiger partial charge on any atom is -0.439 e. The van der Waals surface area contributed by atoms with Crippen LogP contribution in [0, 0.1) is 0 Å². The molecule has 0 aliphatic carbocycles. The van der Waals surface area contributed by atoms with E-state index in [2.05, 4.69) is 29.2 Å². The molecule has 0 amide bonds. The van der Waals surface area contributed by atoms with Crippen LogP contribution in [0.4, 0.5) is 0 Å². The number of pyridine rings is 1. The molecule has 0 atom stereocenters. The Morgan fingerprint density at radius 1 is 1.24 bits per heavy atom. The van der Waals surface area contributed by atoms with Gasteiger partial charge in [-0.1, -0.05) is 36.7 Å². The van der Waals surface area contributed by atoms with Crippen molar-refractivity contribution in [2.45, 2.75) is 26.2 Å². The molecular weight excluding hydrogens is 266 g/mol. The van der Waals surface area contributed by atoms with Crippen molar-refractivity contribution in [1.82, 2.24) is 4.98 Å². The summed E-state index contributed by atoms with van der Waals surface area (Å²) >= 11 is 0. The van der Waals surface area contributed by atoms with E-state index in [0.717, 1.165) is 6.42 Å². The number of rotatable bonds is 6. The molecule has 0 spiro atoms. The largest absolute Gasteiger partial charge is 0.439 e. The van der Waals surface area contributed by atoms with Gasteiger partial charge in [0.15, 0.2) is 5.84 Å². The topological polar surface area (TPSA) is 80.7 Å². The van der Waals surface area contributed by atoms with Crippen LogP contribution in [0.3, 0.4) is 0 Å². The van der Waals surface area contributed by atoms with Crippen molar-refractivity contribution in [2.75, 3.05) is 0 Å². The summed E-state index contributed by atoms with van der Waals surface area (Å²) in [5.74, 6) is 1.06. The molecule has 1 aromatic heterocycles. The molecule has 0 unspecified atom stereocenters. The Kier molecular flexibility index (Phi) is 5.15. The first kappa shape index (κ1) is 14.8. The third-order valence-electron chi connectivity index (χ3n) is 3.06. The zero-order chi connectivity index (χ0) is 15.1. The normalized spacial score (nSPS) is 11.4. The first-order valence-electron chi connectivity index (χ1n) is 6.94. The van der Waals surface area contributed by atoms with E-state index < -0.39 is 0 Å². The summed E-state index contributed by atoms with van der Waals surface area (Å²) in [6, 6.07) is 13.1. The average molecular weight is 285 g/mol. The van der Waals surface area contributed by atoms with Gasteiger partial charge in [0.1, 0.15) is 11.4 Å². The molecule has 21 heavy (non-hydrogen) atoms. The minimum absolute atomic E-state index is 0.0460. The standard InChI is InChI=1S/C16H19N3O2/c1-2-3-5-12-8-10-13(11-9-12)21-15-7-4-6-14(18-15)16(17)19-20/h4,6-11,20H,2-3,5H2,1H3,(H2,17,19). The predicted molar refractivity (Wildman–Crippen MR) is 81.9 cm³/mol. The van der Waals surface area contributed by atoms with Gasteiger partial charge in [-0.3, -0.25) is 0 Å². The summed E-state index contributed by atoms with van der Waals surface area (Å²) in [7, 11) is 0. The number of nitrogens with two attached hydrogens (primary N) is 1. The summed E-state index contributed by atoms with van der Waals surface area (Å²) in [6.07, 6.45) is 3.44. The second kappa shape index (κ2) is 7.28. The van der Waals surface area contributed by atoms with Crippen LogP contribution < -0.4 is 10.5 Å². The molecule has 0 aliphatic heterocycles. The van der Waals surface area contributed by atoms with Crippen LogP contribution >= 0.6 is 0 Å². The molecule has 1 aromatic carbocycles. The molecule has 1 heterocycles. The Balaban J connectivity index is 2.07. The summed E-state index contributed by atoms with van der Waals surface area (Å²) in [5.41, 5.74) is 7.17. The second-order valence-corrected chi connectivity index (χ2v) is 4.70. The minimum atomic E-state index is -0.0460. The Labute approximate surface area is 124 Å². The molecule has 2 rings (SSSR count). The Hall–Kier alpha value is -2.56. The molecule has 110 valence electrons. The predicted octanol–water partition coefficient (Wildman–Crippen LogP) is 3.31. The van der Waals surface area contributed by atoms with E-state index in [1.807, 2.05) is 12.1 Å². The molecule has 0 saturated heterocycles. The quantitative estimate of drug-likeness (QED) is 0.369. The maximum Gasteiger partial charge on any atom is 0.219 e. The van der Waals surface area contributed by atoms with Gasteiger partial charge >= 0.3 is 0 Å². The lowest BCUT2D eigenvalue weighted by Crippen LogP contribution is -2.14. The number of unbranched alkanes of at least 4 members (excludes halogenated alkanes) is 1. The molecule has 0 bridgehead atoms. The number of hydrogen-bond donors (Lipinski definition) is 2. The van der Waals surface area contributed by atoms with Gasteiger partial charge < -0.3 is 15.7 Å². The maximum absolute atomic E-state index is 8.65. The van der Waals surface area contributed by atoms with Crippen molar-refractivity contribution >= 4 is 5.84 Å². The average Bonchev–Trinajstić information content (AvgIpc) is 2.53. The molecule has 5 nitrogen and oxygen atoms in total. The van der Waals surface area contributed by atoms with Crippen LogP contribution in [-0.2, 0) is 6.42 Å². The highest BCUT2D eigenvalue weighted by atomic mass is 16.5. The van der Waals surface area contributed by atoms with Crippen molar-refractivity contribution in [3.05, 3.63) is 53.7 Å². The first-order chi connectivity index (χ1) is 10.2. The lowest BCUT2D eigenvalue weighted by Gasteiger charge is -2.07. The van der Waals surface area contributed by atoms with Gasteiger partial charge in [0.2, 0.25) is 5.88 Å². The van der Waals surface area contributed by atoms with E-state index >= 15 is 0 Å². The Morgan fingerprint density at radius 2 is 2.00 bits per heavy atom. The fourth-order valence-electron chi connectivity index (χ4n) is 1.89. The molecular formula is C16H19N3O2. The summed E-state index contributed by atoms with van der Waals surface area (Å²) in [5, 5.41) is 11.6. The van der Waals surface area contributed by atoms with Crippen molar-refractivity contribution in [3.8, 4) is 11.6 Å². The number of aromatic nitrogens is 1. The Morgan fingerprint density at radius 3 is 2.67 bits per heavy atom. The van der Waals surface area contributed by atoms with Gasteiger partial charge in [0, 0.05) is 6.07 Å². The summed E-state index contributed by atoms with van der Waals surface area (Å²) in [4.78, 5) is 4.17. The molecule has 0 radical (unpaired) electrons. The van der Waals surface area contributed by atoms with Crippen LogP contribution in [0.25, 0.3) is 0 Å². The molecule has 0 aliphatic rings. The van der Waals surface area contributed by atoms with E-state index in [9.17, 15) is 0 Å². The lowest BCUT2D eigenvalue weighted by atomic mass is 10.1. The van der Waals surface area contributed by atoms with Crippen LogP contribution in [0.5, 0.6) is 11.6 Å². The highest BCUT2D eigenvalue weighted by Crippen LogP contribution is 2.20. The third-order valence-corrected chi connectivity index (χ3v) is 3.06. The summed E-state index contributed by atoms with van der Waals surface area (Å²) in [6.45, 7) is 2.18. The molecule has 0 saturated carbocycles.